The first-order valence-corrected chi connectivity index (χ1v) is 28.7. The zero-order chi connectivity index (χ0) is 47.8. The predicted octanol–water partition coefficient (Wildman–Crippen LogP) is 21.5. The van der Waals surface area contributed by atoms with E-state index in [1.54, 1.807) is 0 Å². The highest BCUT2D eigenvalue weighted by Gasteiger charge is 2.21. The fraction of sp³-hybridized carbons (Fsp3) is 0. The van der Waals surface area contributed by atoms with E-state index in [9.17, 15) is 0 Å². The third kappa shape index (κ3) is 9.52. The monoisotopic (exact) mass is 1030 g/mol. The summed E-state index contributed by atoms with van der Waals surface area (Å²) >= 11 is 11.1. The van der Waals surface area contributed by atoms with Gasteiger partial charge in [-0.1, -0.05) is 216 Å². The Morgan fingerprint density at radius 3 is 0.611 bits per heavy atom. The average Bonchev–Trinajstić information content (AvgIpc) is 3.42. The number of benzene rings is 13. The van der Waals surface area contributed by atoms with Gasteiger partial charge in [0.25, 0.3) is 0 Å². The molecule has 0 spiro atoms. The van der Waals surface area contributed by atoms with Gasteiger partial charge in [0.15, 0.2) is 0 Å². The summed E-state index contributed by atoms with van der Waals surface area (Å²) in [7, 11) is 0. The van der Waals surface area contributed by atoms with Crippen LogP contribution >= 0.6 is 70.6 Å². The van der Waals surface area contributed by atoms with Gasteiger partial charge >= 0.3 is 0 Å². The van der Waals surface area contributed by atoms with E-state index in [0.29, 0.717) is 0 Å². The number of fused-ring (bicyclic) bond motifs is 9. The molecule has 342 valence electrons. The van der Waals surface area contributed by atoms with E-state index in [0.717, 1.165) is 0 Å². The summed E-state index contributed by atoms with van der Waals surface area (Å²) in [5, 5.41) is 15.0. The lowest BCUT2D eigenvalue weighted by Gasteiger charge is -2.20. The molecule has 72 heavy (non-hydrogen) atoms. The van der Waals surface area contributed by atoms with Crippen molar-refractivity contribution in [2.24, 2.45) is 0 Å². The minimum Gasteiger partial charge on any atom is -0.0889 e. The van der Waals surface area contributed by atoms with Crippen molar-refractivity contribution in [3.8, 4) is 0 Å². The summed E-state index contributed by atoms with van der Waals surface area (Å²) in [6.07, 6.45) is 0. The summed E-state index contributed by atoms with van der Waals surface area (Å²) < 4.78 is 0. The van der Waals surface area contributed by atoms with Crippen LogP contribution in [0.15, 0.2) is 314 Å². The number of hydrogen-bond donors (Lipinski definition) is 0. The molecule has 0 atom stereocenters. The second-order valence-corrected chi connectivity index (χ2v) is 24.3. The Hall–Kier alpha value is -6.48. The summed E-state index contributed by atoms with van der Waals surface area (Å²) in [5.41, 5.74) is 0. The van der Waals surface area contributed by atoms with E-state index in [-0.39, 0.29) is 0 Å². The molecule has 13 rings (SSSR count). The van der Waals surface area contributed by atoms with Gasteiger partial charge in [0.2, 0.25) is 0 Å². The van der Waals surface area contributed by atoms with Crippen molar-refractivity contribution in [2.45, 2.75) is 58.7 Å². The predicted molar refractivity (Wildman–Crippen MR) is 315 cm³/mol. The Labute approximate surface area is 445 Å². The van der Waals surface area contributed by atoms with E-state index in [4.69, 9.17) is 0 Å². The zero-order valence-electron chi connectivity index (χ0n) is 38.7. The lowest BCUT2D eigenvalue weighted by atomic mass is 9.94. The van der Waals surface area contributed by atoms with Crippen LogP contribution in [0.2, 0.25) is 0 Å². The third-order valence-corrected chi connectivity index (χ3v) is 19.6. The van der Waals surface area contributed by atoms with Crippen LogP contribution in [0.1, 0.15) is 0 Å². The molecule has 0 saturated carbocycles. The van der Waals surface area contributed by atoms with Crippen LogP contribution in [0, 0.1) is 0 Å². The van der Waals surface area contributed by atoms with Crippen molar-refractivity contribution >= 4 is 135 Å². The maximum absolute atomic E-state index is 2.50. The third-order valence-electron chi connectivity index (χ3n) is 12.9. The molecule has 0 unspecified atom stereocenters. The second-order valence-electron chi connectivity index (χ2n) is 17.6. The molecular formula is C66H42S6. The molecular weight excluding hydrogens is 985 g/mol. The minimum atomic E-state index is 1.22. The molecule has 0 aliphatic heterocycles. The van der Waals surface area contributed by atoms with Crippen LogP contribution < -0.4 is 0 Å². The van der Waals surface area contributed by atoms with Gasteiger partial charge in [-0.2, -0.15) is 0 Å². The van der Waals surface area contributed by atoms with Crippen LogP contribution in [-0.4, -0.2) is 0 Å². The molecule has 13 aromatic rings. The fourth-order valence-corrected chi connectivity index (χ4v) is 15.6. The first kappa shape index (κ1) is 45.4. The molecule has 0 N–H and O–H groups in total. The van der Waals surface area contributed by atoms with Gasteiger partial charge in [-0.3, -0.25) is 0 Å². The van der Waals surface area contributed by atoms with Crippen molar-refractivity contribution < 1.29 is 0 Å². The highest BCUT2D eigenvalue weighted by molar-refractivity contribution is 8.03. The highest BCUT2D eigenvalue weighted by atomic mass is 32.2. The maximum Gasteiger partial charge on any atom is 0.0268 e. The molecule has 0 bridgehead atoms. The fourth-order valence-electron chi connectivity index (χ4n) is 9.42. The standard InChI is InChI=1S/C66H42S6/c1-4-22-49(23-5-1)67-61-37-55-58(40-64(61)70-52-31-28-43-16-10-13-19-46(43)34-52)56-38-62(68-50-24-6-2-7-25-50)66(72-54-33-30-45-18-12-15-21-48(45)36-54)42-60(56)57-39-63(69-51-26-8-3-9-27-51)65(41-59(55)57)71-53-32-29-44-17-11-14-20-47(44)35-53/h1-42H. The van der Waals surface area contributed by atoms with Gasteiger partial charge in [-0.25, -0.2) is 0 Å². The van der Waals surface area contributed by atoms with E-state index in [1.807, 2.05) is 70.6 Å². The quantitative estimate of drug-likeness (QED) is 0.111. The molecule has 0 aliphatic carbocycles. The van der Waals surface area contributed by atoms with Crippen LogP contribution in [-0.2, 0) is 0 Å². The van der Waals surface area contributed by atoms with Crippen LogP contribution in [0.5, 0.6) is 0 Å². The van der Waals surface area contributed by atoms with Gasteiger partial charge in [0, 0.05) is 58.7 Å². The summed E-state index contributed by atoms with van der Waals surface area (Å²) in [5.74, 6) is 0. The van der Waals surface area contributed by atoms with Crippen molar-refractivity contribution in [1.29, 1.82) is 0 Å². The van der Waals surface area contributed by atoms with Crippen molar-refractivity contribution in [1.82, 2.24) is 0 Å². The molecule has 0 nitrogen and oxygen atoms in total. The van der Waals surface area contributed by atoms with E-state index < -0.39 is 0 Å². The van der Waals surface area contributed by atoms with Gasteiger partial charge in [-0.05, 0) is 174 Å². The first-order chi connectivity index (χ1) is 35.6. The molecule has 0 saturated heterocycles. The van der Waals surface area contributed by atoms with Gasteiger partial charge in [0.1, 0.15) is 0 Å². The summed E-state index contributed by atoms with van der Waals surface area (Å²) in [4.78, 5) is 14.7. The van der Waals surface area contributed by atoms with Gasteiger partial charge in [-0.15, -0.1) is 0 Å². The summed E-state index contributed by atoms with van der Waals surface area (Å²) in [6.45, 7) is 0. The smallest absolute Gasteiger partial charge is 0.0268 e. The van der Waals surface area contributed by atoms with Crippen molar-refractivity contribution in [2.75, 3.05) is 0 Å². The topological polar surface area (TPSA) is 0 Å². The normalized spacial score (nSPS) is 11.7. The molecule has 0 fully saturated rings. The second kappa shape index (κ2) is 20.2. The first-order valence-electron chi connectivity index (χ1n) is 23.8. The van der Waals surface area contributed by atoms with Crippen LogP contribution in [0.3, 0.4) is 0 Å². The van der Waals surface area contributed by atoms with Gasteiger partial charge in [0.05, 0.1) is 0 Å². The highest BCUT2D eigenvalue weighted by Crippen LogP contribution is 2.51. The Bertz CT molecular complexity index is 3700. The van der Waals surface area contributed by atoms with E-state index in [2.05, 4.69) is 255 Å². The average molecular weight is 1030 g/mol. The van der Waals surface area contributed by atoms with Crippen LogP contribution in [0.25, 0.3) is 64.6 Å². The number of hydrogen-bond acceptors (Lipinski definition) is 6. The van der Waals surface area contributed by atoms with Crippen molar-refractivity contribution in [3.63, 3.8) is 0 Å². The summed E-state index contributed by atoms with van der Waals surface area (Å²) in [6, 6.07) is 94.1. The zero-order valence-corrected chi connectivity index (χ0v) is 43.6. The number of rotatable bonds is 12. The molecule has 0 radical (unpaired) electrons. The Morgan fingerprint density at radius 2 is 0.361 bits per heavy atom. The molecule has 0 amide bonds. The minimum absolute atomic E-state index is 1.22. The molecule has 13 aromatic carbocycles. The van der Waals surface area contributed by atoms with Gasteiger partial charge < -0.3 is 0 Å². The lowest BCUT2D eigenvalue weighted by Crippen LogP contribution is -1.91. The van der Waals surface area contributed by atoms with Crippen LogP contribution in [0.4, 0.5) is 0 Å². The van der Waals surface area contributed by atoms with Crippen molar-refractivity contribution in [3.05, 3.63) is 255 Å². The molecule has 0 aromatic heterocycles. The Kier molecular flexibility index (Phi) is 12.7. The Balaban J connectivity index is 1.09. The molecule has 6 heteroatoms. The van der Waals surface area contributed by atoms with E-state index >= 15 is 0 Å². The van der Waals surface area contributed by atoms with E-state index in [1.165, 1.54) is 123 Å². The molecule has 0 heterocycles. The largest absolute Gasteiger partial charge is 0.0889 e. The maximum atomic E-state index is 2.50. The lowest BCUT2D eigenvalue weighted by molar-refractivity contribution is 1.25. The molecule has 0 aliphatic rings. The SMILES string of the molecule is c1ccc(Sc2cc3c(cc2Sc2ccc4ccccc4c2)c2cc(Sc4ccccc4)c(Sc4ccc5ccccc5c4)cc2c2cc(Sc4ccccc4)c(Sc4ccc5ccccc5c4)cc32)cc1. The Morgan fingerprint density at radius 1 is 0.153 bits per heavy atom.